The van der Waals surface area contributed by atoms with Gasteiger partial charge in [-0.3, -0.25) is 9.88 Å². The minimum atomic E-state index is 0.265. The summed E-state index contributed by atoms with van der Waals surface area (Å²) in [6, 6.07) is 8.27. The van der Waals surface area contributed by atoms with Crippen LogP contribution in [-0.4, -0.2) is 29.0 Å². The van der Waals surface area contributed by atoms with Crippen LogP contribution in [0.3, 0.4) is 0 Å². The fourth-order valence-corrected chi connectivity index (χ4v) is 2.99. The van der Waals surface area contributed by atoms with Crippen molar-refractivity contribution in [2.24, 2.45) is 11.7 Å². The summed E-state index contributed by atoms with van der Waals surface area (Å²) in [7, 11) is 0. The number of benzene rings is 1. The number of pyridine rings is 1. The maximum absolute atomic E-state index is 6.36. The molecular weight excluding hydrogens is 258 g/mol. The standard InChI is InChI=1S/C15H18ClN3/c1-10-7-19(9-14(10)17)8-12-13(16)5-4-11-3-2-6-18-15(11)12/h2-6,10,14H,7-9,17H2,1H3. The molecule has 2 N–H and O–H groups in total. The van der Waals surface area contributed by atoms with Crippen LogP contribution in [0.4, 0.5) is 0 Å². The maximum atomic E-state index is 6.36. The molecule has 1 aromatic carbocycles. The molecule has 4 heteroatoms. The van der Waals surface area contributed by atoms with Crippen LogP contribution in [-0.2, 0) is 6.54 Å². The molecule has 2 unspecified atom stereocenters. The molecule has 3 nitrogen and oxygen atoms in total. The van der Waals surface area contributed by atoms with Crippen LogP contribution >= 0.6 is 11.6 Å². The van der Waals surface area contributed by atoms with Gasteiger partial charge in [0, 0.05) is 47.8 Å². The van der Waals surface area contributed by atoms with E-state index in [1.807, 2.05) is 24.4 Å². The predicted octanol–water partition coefficient (Wildman–Crippen LogP) is 2.67. The molecule has 0 spiro atoms. The van der Waals surface area contributed by atoms with E-state index in [1.54, 1.807) is 0 Å². The lowest BCUT2D eigenvalue weighted by Gasteiger charge is -2.17. The molecule has 19 heavy (non-hydrogen) atoms. The van der Waals surface area contributed by atoms with Crippen molar-refractivity contribution in [3.8, 4) is 0 Å². The van der Waals surface area contributed by atoms with Gasteiger partial charge in [0.05, 0.1) is 5.52 Å². The number of likely N-dealkylation sites (tertiary alicyclic amines) is 1. The van der Waals surface area contributed by atoms with Crippen molar-refractivity contribution in [3.05, 3.63) is 41.0 Å². The van der Waals surface area contributed by atoms with Crippen molar-refractivity contribution in [1.82, 2.24) is 9.88 Å². The van der Waals surface area contributed by atoms with Crippen LogP contribution in [0, 0.1) is 5.92 Å². The zero-order chi connectivity index (χ0) is 13.4. The topological polar surface area (TPSA) is 42.2 Å². The van der Waals surface area contributed by atoms with E-state index in [-0.39, 0.29) is 6.04 Å². The Morgan fingerprint density at radius 3 is 2.95 bits per heavy atom. The Balaban J connectivity index is 1.94. The average molecular weight is 276 g/mol. The predicted molar refractivity (Wildman–Crippen MR) is 79.2 cm³/mol. The lowest BCUT2D eigenvalue weighted by Crippen LogP contribution is -2.28. The van der Waals surface area contributed by atoms with Crippen molar-refractivity contribution < 1.29 is 0 Å². The number of aromatic nitrogens is 1. The van der Waals surface area contributed by atoms with Crippen molar-refractivity contribution in [2.45, 2.75) is 19.5 Å². The average Bonchev–Trinajstić information content (AvgIpc) is 2.72. The lowest BCUT2D eigenvalue weighted by atomic mass is 10.1. The molecular formula is C15H18ClN3. The van der Waals surface area contributed by atoms with E-state index in [4.69, 9.17) is 17.3 Å². The summed E-state index contributed by atoms with van der Waals surface area (Å²) in [6.07, 6.45) is 1.82. The molecule has 0 bridgehead atoms. The molecule has 2 aromatic rings. The van der Waals surface area contributed by atoms with Crippen molar-refractivity contribution in [2.75, 3.05) is 13.1 Å². The summed E-state index contributed by atoms with van der Waals surface area (Å²) in [6.45, 7) is 4.99. The molecule has 100 valence electrons. The van der Waals surface area contributed by atoms with Gasteiger partial charge in [0.1, 0.15) is 0 Å². The lowest BCUT2D eigenvalue weighted by molar-refractivity contribution is 0.320. The quantitative estimate of drug-likeness (QED) is 0.916. The smallest absolute Gasteiger partial charge is 0.0761 e. The third-order valence-electron chi connectivity index (χ3n) is 3.95. The normalized spacial score (nSPS) is 24.2. The molecule has 1 aliphatic heterocycles. The highest BCUT2D eigenvalue weighted by Crippen LogP contribution is 2.27. The van der Waals surface area contributed by atoms with Crippen LogP contribution in [0.5, 0.6) is 0 Å². The van der Waals surface area contributed by atoms with Crippen LogP contribution in [0.1, 0.15) is 12.5 Å². The highest BCUT2D eigenvalue weighted by atomic mass is 35.5. The van der Waals surface area contributed by atoms with Gasteiger partial charge in [-0.25, -0.2) is 0 Å². The van der Waals surface area contributed by atoms with Crippen LogP contribution in [0.15, 0.2) is 30.5 Å². The van der Waals surface area contributed by atoms with E-state index in [2.05, 4.69) is 22.9 Å². The largest absolute Gasteiger partial charge is 0.326 e. The van der Waals surface area contributed by atoms with E-state index < -0.39 is 0 Å². The fraction of sp³-hybridized carbons (Fsp3) is 0.400. The molecule has 1 fully saturated rings. The van der Waals surface area contributed by atoms with Gasteiger partial charge in [0.15, 0.2) is 0 Å². The molecule has 1 saturated heterocycles. The summed E-state index contributed by atoms with van der Waals surface area (Å²) in [5.41, 5.74) is 8.20. The Kier molecular flexibility index (Phi) is 3.44. The summed E-state index contributed by atoms with van der Waals surface area (Å²) in [4.78, 5) is 6.85. The Morgan fingerprint density at radius 2 is 2.21 bits per heavy atom. The zero-order valence-corrected chi connectivity index (χ0v) is 11.8. The molecule has 2 heterocycles. The Morgan fingerprint density at radius 1 is 1.37 bits per heavy atom. The Hall–Kier alpha value is -1.16. The number of hydrogen-bond acceptors (Lipinski definition) is 3. The molecule has 2 atom stereocenters. The van der Waals surface area contributed by atoms with E-state index in [9.17, 15) is 0 Å². The molecule has 1 aliphatic rings. The fourth-order valence-electron chi connectivity index (χ4n) is 2.78. The summed E-state index contributed by atoms with van der Waals surface area (Å²) >= 11 is 6.36. The summed E-state index contributed by atoms with van der Waals surface area (Å²) in [5.74, 6) is 0.543. The molecule has 1 aromatic heterocycles. The number of rotatable bonds is 2. The van der Waals surface area contributed by atoms with Crippen molar-refractivity contribution in [1.29, 1.82) is 0 Å². The first-order valence-corrected chi connectivity index (χ1v) is 7.03. The molecule has 0 saturated carbocycles. The van der Waals surface area contributed by atoms with Gasteiger partial charge in [-0.1, -0.05) is 30.7 Å². The number of fused-ring (bicyclic) bond motifs is 1. The Bertz CT molecular complexity index is 589. The van der Waals surface area contributed by atoms with Crippen LogP contribution in [0.2, 0.25) is 5.02 Å². The second kappa shape index (κ2) is 5.08. The van der Waals surface area contributed by atoms with Gasteiger partial charge in [-0.15, -0.1) is 0 Å². The van der Waals surface area contributed by atoms with Gasteiger partial charge in [-0.2, -0.15) is 0 Å². The number of nitrogens with zero attached hydrogens (tertiary/aromatic N) is 2. The van der Waals surface area contributed by atoms with Gasteiger partial charge in [-0.05, 0) is 18.1 Å². The molecule has 0 radical (unpaired) electrons. The maximum Gasteiger partial charge on any atom is 0.0761 e. The zero-order valence-electron chi connectivity index (χ0n) is 11.0. The second-order valence-electron chi connectivity index (χ2n) is 5.44. The van der Waals surface area contributed by atoms with Crippen molar-refractivity contribution >= 4 is 22.5 Å². The van der Waals surface area contributed by atoms with Gasteiger partial charge in [0.2, 0.25) is 0 Å². The third kappa shape index (κ3) is 2.46. The Labute approximate surface area is 118 Å². The van der Waals surface area contributed by atoms with Crippen LogP contribution in [0.25, 0.3) is 10.9 Å². The highest BCUT2D eigenvalue weighted by Gasteiger charge is 2.27. The van der Waals surface area contributed by atoms with Crippen LogP contribution < -0.4 is 5.73 Å². The van der Waals surface area contributed by atoms with Gasteiger partial charge in [0.25, 0.3) is 0 Å². The monoisotopic (exact) mass is 275 g/mol. The molecule has 0 aliphatic carbocycles. The first-order chi connectivity index (χ1) is 9.15. The minimum absolute atomic E-state index is 0.265. The van der Waals surface area contributed by atoms with Gasteiger partial charge >= 0.3 is 0 Å². The first-order valence-electron chi connectivity index (χ1n) is 6.65. The number of hydrogen-bond donors (Lipinski definition) is 1. The number of halogens is 1. The van der Waals surface area contributed by atoms with E-state index >= 15 is 0 Å². The summed E-state index contributed by atoms with van der Waals surface area (Å²) in [5, 5.41) is 1.93. The minimum Gasteiger partial charge on any atom is -0.326 e. The van der Waals surface area contributed by atoms with Gasteiger partial charge < -0.3 is 5.73 Å². The second-order valence-corrected chi connectivity index (χ2v) is 5.84. The third-order valence-corrected chi connectivity index (χ3v) is 4.30. The van der Waals surface area contributed by atoms with E-state index in [1.165, 1.54) is 0 Å². The highest BCUT2D eigenvalue weighted by molar-refractivity contribution is 6.32. The first kappa shape index (κ1) is 12.9. The molecule has 0 amide bonds. The summed E-state index contributed by atoms with van der Waals surface area (Å²) < 4.78 is 0. The molecule has 3 rings (SSSR count). The number of nitrogens with two attached hydrogens (primary N) is 1. The van der Waals surface area contributed by atoms with Crippen molar-refractivity contribution in [3.63, 3.8) is 0 Å². The SMILES string of the molecule is CC1CN(Cc2c(Cl)ccc3cccnc23)CC1N. The van der Waals surface area contributed by atoms with E-state index in [0.717, 1.165) is 41.1 Å². The van der Waals surface area contributed by atoms with E-state index in [0.29, 0.717) is 5.92 Å².